The predicted octanol–water partition coefficient (Wildman–Crippen LogP) is 1.55. The molecule has 0 aromatic heterocycles. The van der Waals surface area contributed by atoms with Crippen molar-refractivity contribution in [1.29, 1.82) is 0 Å². The van der Waals surface area contributed by atoms with E-state index in [-0.39, 0.29) is 12.4 Å². The maximum atomic E-state index is 9.66. The highest BCUT2D eigenvalue weighted by molar-refractivity contribution is 9.10. The quantitative estimate of drug-likeness (QED) is 0.779. The van der Waals surface area contributed by atoms with Crippen LogP contribution in [0, 0.1) is 0 Å². The molecule has 15 heavy (non-hydrogen) atoms. The van der Waals surface area contributed by atoms with Gasteiger partial charge in [0.25, 0.3) is 0 Å². The van der Waals surface area contributed by atoms with Gasteiger partial charge in [0, 0.05) is 18.2 Å². The number of aromatic hydroxyl groups is 1. The third-order valence-corrected chi connectivity index (χ3v) is 2.97. The van der Waals surface area contributed by atoms with Crippen molar-refractivity contribution >= 4 is 15.9 Å². The van der Waals surface area contributed by atoms with Crippen LogP contribution in [0.3, 0.4) is 0 Å². The molecule has 0 aliphatic heterocycles. The summed E-state index contributed by atoms with van der Waals surface area (Å²) >= 11 is 3.32. The first-order chi connectivity index (χ1) is 7.11. The van der Waals surface area contributed by atoms with Crippen molar-refractivity contribution < 1.29 is 14.9 Å². The molecule has 5 heteroatoms. The van der Waals surface area contributed by atoms with Crippen LogP contribution in [0.5, 0.6) is 11.5 Å². The van der Waals surface area contributed by atoms with Crippen LogP contribution in [0.25, 0.3) is 0 Å². The fourth-order valence-electron chi connectivity index (χ4n) is 1.36. The Kier molecular flexibility index (Phi) is 4.38. The highest BCUT2D eigenvalue weighted by atomic mass is 79.9. The summed E-state index contributed by atoms with van der Waals surface area (Å²) in [6, 6.07) is 2.75. The first kappa shape index (κ1) is 12.3. The largest absolute Gasteiger partial charge is 0.508 e. The molecule has 0 radical (unpaired) electrons. The molecule has 4 N–H and O–H groups in total. The molecule has 0 fully saturated rings. The fraction of sp³-hybridized carbons (Fsp3) is 0.400. The van der Waals surface area contributed by atoms with Crippen LogP contribution in [-0.2, 0) is 0 Å². The minimum absolute atomic E-state index is 0.0236. The first-order valence-electron chi connectivity index (χ1n) is 4.53. The summed E-state index contributed by atoms with van der Waals surface area (Å²) < 4.78 is 5.72. The van der Waals surface area contributed by atoms with E-state index in [1.54, 1.807) is 13.2 Å². The van der Waals surface area contributed by atoms with Gasteiger partial charge in [-0.15, -0.1) is 0 Å². The van der Waals surface area contributed by atoms with Gasteiger partial charge in [0.1, 0.15) is 11.5 Å². The van der Waals surface area contributed by atoms with E-state index in [9.17, 15) is 5.11 Å². The second-order valence-electron chi connectivity index (χ2n) is 3.13. The Balaban J connectivity index is 3.14. The van der Waals surface area contributed by atoms with Crippen LogP contribution >= 0.6 is 15.9 Å². The summed E-state index contributed by atoms with van der Waals surface area (Å²) in [4.78, 5) is 0. The predicted molar refractivity (Wildman–Crippen MR) is 61.0 cm³/mol. The SMILES string of the molecule is COc1ccc(O)c(C(N)CCO)c1Br. The van der Waals surface area contributed by atoms with Gasteiger partial charge in [0.2, 0.25) is 0 Å². The monoisotopic (exact) mass is 275 g/mol. The van der Waals surface area contributed by atoms with Crippen molar-refractivity contribution in [1.82, 2.24) is 0 Å². The Hall–Kier alpha value is -0.780. The van der Waals surface area contributed by atoms with E-state index in [4.69, 9.17) is 15.6 Å². The summed E-state index contributed by atoms with van der Waals surface area (Å²) in [5.74, 6) is 0.708. The van der Waals surface area contributed by atoms with Crippen LogP contribution in [0.1, 0.15) is 18.0 Å². The number of hydrogen-bond acceptors (Lipinski definition) is 4. The molecule has 84 valence electrons. The number of halogens is 1. The Morgan fingerprint density at radius 2 is 2.20 bits per heavy atom. The number of hydrogen-bond donors (Lipinski definition) is 3. The van der Waals surface area contributed by atoms with Gasteiger partial charge in [0.05, 0.1) is 11.6 Å². The van der Waals surface area contributed by atoms with Gasteiger partial charge in [-0.2, -0.15) is 0 Å². The second kappa shape index (κ2) is 5.34. The molecule has 1 aromatic rings. The zero-order valence-electron chi connectivity index (χ0n) is 8.40. The van der Waals surface area contributed by atoms with Gasteiger partial charge in [-0.25, -0.2) is 0 Å². The number of rotatable bonds is 4. The number of ether oxygens (including phenoxy) is 1. The third-order valence-electron chi connectivity index (χ3n) is 2.15. The van der Waals surface area contributed by atoms with E-state index < -0.39 is 6.04 Å². The van der Waals surface area contributed by atoms with Crippen molar-refractivity contribution in [2.75, 3.05) is 13.7 Å². The molecule has 0 amide bonds. The van der Waals surface area contributed by atoms with Crippen LogP contribution in [0.15, 0.2) is 16.6 Å². The molecule has 1 rings (SSSR count). The summed E-state index contributed by atoms with van der Waals surface area (Å²) in [7, 11) is 1.54. The lowest BCUT2D eigenvalue weighted by Gasteiger charge is -2.16. The van der Waals surface area contributed by atoms with Crippen LogP contribution in [0.2, 0.25) is 0 Å². The van der Waals surface area contributed by atoms with Crippen LogP contribution in [0.4, 0.5) is 0 Å². The minimum atomic E-state index is -0.417. The molecule has 0 aliphatic rings. The summed E-state index contributed by atoms with van der Waals surface area (Å²) in [5.41, 5.74) is 6.38. The van der Waals surface area contributed by atoms with E-state index in [0.717, 1.165) is 0 Å². The number of phenolic OH excluding ortho intramolecular Hbond substituents is 1. The molecular formula is C10H14BrNO3. The molecule has 0 heterocycles. The highest BCUT2D eigenvalue weighted by Crippen LogP contribution is 2.38. The zero-order chi connectivity index (χ0) is 11.4. The molecule has 0 saturated heterocycles. The zero-order valence-corrected chi connectivity index (χ0v) is 9.99. The lowest BCUT2D eigenvalue weighted by Crippen LogP contribution is -2.13. The number of nitrogens with two attached hydrogens (primary N) is 1. The number of aliphatic hydroxyl groups is 1. The van der Waals surface area contributed by atoms with Gasteiger partial charge in [-0.3, -0.25) is 0 Å². The van der Waals surface area contributed by atoms with Crippen LogP contribution in [-0.4, -0.2) is 23.9 Å². The van der Waals surface area contributed by atoms with Gasteiger partial charge in [-0.05, 0) is 34.5 Å². The third kappa shape index (κ3) is 2.62. The van der Waals surface area contributed by atoms with Gasteiger partial charge >= 0.3 is 0 Å². The second-order valence-corrected chi connectivity index (χ2v) is 3.93. The smallest absolute Gasteiger partial charge is 0.133 e. The maximum absolute atomic E-state index is 9.66. The van der Waals surface area contributed by atoms with Crippen molar-refractivity contribution in [2.45, 2.75) is 12.5 Å². The average molecular weight is 276 g/mol. The molecular weight excluding hydrogens is 262 g/mol. The standard InChI is InChI=1S/C10H14BrNO3/c1-15-8-3-2-7(14)9(10(8)11)6(12)4-5-13/h2-3,6,13-14H,4-5,12H2,1H3. The molecule has 0 spiro atoms. The fourth-order valence-corrected chi connectivity index (χ4v) is 2.15. The van der Waals surface area contributed by atoms with E-state index >= 15 is 0 Å². The molecule has 1 atom stereocenters. The Labute approximate surface area is 96.8 Å². The molecule has 1 aromatic carbocycles. The Morgan fingerprint density at radius 1 is 1.53 bits per heavy atom. The first-order valence-corrected chi connectivity index (χ1v) is 5.33. The summed E-state index contributed by atoms with van der Waals surface area (Å²) in [5, 5.41) is 18.5. The Morgan fingerprint density at radius 3 is 2.73 bits per heavy atom. The normalized spacial score (nSPS) is 12.5. The van der Waals surface area contributed by atoms with Crippen molar-refractivity contribution in [3.05, 3.63) is 22.2 Å². The minimum Gasteiger partial charge on any atom is -0.508 e. The highest BCUT2D eigenvalue weighted by Gasteiger charge is 2.17. The summed E-state index contributed by atoms with van der Waals surface area (Å²) in [6.07, 6.45) is 0.388. The number of phenols is 1. The van der Waals surface area contributed by atoms with Crippen molar-refractivity contribution in [3.63, 3.8) is 0 Å². The Bertz CT molecular complexity index is 344. The van der Waals surface area contributed by atoms with E-state index in [1.807, 2.05) is 0 Å². The maximum Gasteiger partial charge on any atom is 0.133 e. The average Bonchev–Trinajstić information content (AvgIpc) is 2.18. The molecule has 0 aliphatic carbocycles. The van der Waals surface area contributed by atoms with Gasteiger partial charge < -0.3 is 20.7 Å². The van der Waals surface area contributed by atoms with E-state index in [0.29, 0.717) is 22.2 Å². The molecule has 1 unspecified atom stereocenters. The van der Waals surface area contributed by atoms with Gasteiger partial charge in [0.15, 0.2) is 0 Å². The molecule has 0 saturated carbocycles. The van der Waals surface area contributed by atoms with E-state index in [1.165, 1.54) is 6.07 Å². The lowest BCUT2D eigenvalue weighted by atomic mass is 10.0. The molecule has 0 bridgehead atoms. The lowest BCUT2D eigenvalue weighted by molar-refractivity contribution is 0.275. The van der Waals surface area contributed by atoms with Gasteiger partial charge in [-0.1, -0.05) is 0 Å². The topological polar surface area (TPSA) is 75.7 Å². The van der Waals surface area contributed by atoms with Crippen molar-refractivity contribution in [2.24, 2.45) is 5.73 Å². The number of methoxy groups -OCH3 is 1. The van der Waals surface area contributed by atoms with Crippen LogP contribution < -0.4 is 10.5 Å². The summed E-state index contributed by atoms with van der Waals surface area (Å²) in [6.45, 7) is -0.0236. The number of aliphatic hydroxyl groups excluding tert-OH is 1. The molecule has 4 nitrogen and oxygen atoms in total. The number of benzene rings is 1. The van der Waals surface area contributed by atoms with E-state index in [2.05, 4.69) is 15.9 Å². The van der Waals surface area contributed by atoms with Crippen molar-refractivity contribution in [3.8, 4) is 11.5 Å².